The Kier molecular flexibility index (Phi) is 11.7. The number of amides is 1. The number of likely N-dealkylation sites (tertiary alicyclic amines) is 1. The van der Waals surface area contributed by atoms with Gasteiger partial charge in [-0.2, -0.15) is 17.5 Å². The number of piperazine rings is 1. The van der Waals surface area contributed by atoms with E-state index in [1.165, 1.54) is 35.0 Å². The summed E-state index contributed by atoms with van der Waals surface area (Å²) < 4.78 is 72.0. The van der Waals surface area contributed by atoms with Gasteiger partial charge in [-0.05, 0) is 50.6 Å². The Hall–Kier alpha value is -2.29. The number of carboxylic acid groups (broad SMARTS) is 1. The lowest BCUT2D eigenvalue weighted by molar-refractivity contribution is -0.192. The normalized spacial score (nSPS) is 19.5. The number of carboxylic acids is 1. The highest BCUT2D eigenvalue weighted by molar-refractivity contribution is 7.89. The summed E-state index contributed by atoms with van der Waals surface area (Å²) in [5.74, 6) is -3.51. The molecule has 2 saturated heterocycles. The highest BCUT2D eigenvalue weighted by Crippen LogP contribution is 2.17. The van der Waals surface area contributed by atoms with E-state index in [-0.39, 0.29) is 18.2 Å². The number of nitrogens with one attached hydrogen (secondary N) is 1. The van der Waals surface area contributed by atoms with E-state index in [0.717, 1.165) is 19.4 Å². The predicted octanol–water partition coefficient (Wildman–Crippen LogP) is 2.01. The number of halogens is 4. The maximum atomic E-state index is 13.3. The second-order valence-electron chi connectivity index (χ2n) is 8.95. The van der Waals surface area contributed by atoms with E-state index in [9.17, 15) is 30.8 Å². The van der Waals surface area contributed by atoms with E-state index in [2.05, 4.69) is 17.1 Å². The Labute approximate surface area is 214 Å². The Bertz CT molecular complexity index is 986. The van der Waals surface area contributed by atoms with Gasteiger partial charge < -0.3 is 15.3 Å². The first-order valence-corrected chi connectivity index (χ1v) is 13.7. The Balaban J connectivity index is 0.000000604. The van der Waals surface area contributed by atoms with Gasteiger partial charge in [-0.15, -0.1) is 0 Å². The summed E-state index contributed by atoms with van der Waals surface area (Å²) in [6.45, 7) is 6.69. The maximum absolute atomic E-state index is 13.3. The molecule has 1 aromatic carbocycles. The summed E-state index contributed by atoms with van der Waals surface area (Å²) in [6, 6.07) is 5.90. The Morgan fingerprint density at radius 3 is 2.22 bits per heavy atom. The summed E-state index contributed by atoms with van der Waals surface area (Å²) in [7, 11) is -3.43. The van der Waals surface area contributed by atoms with Crippen molar-refractivity contribution in [2.75, 3.05) is 58.1 Å². The van der Waals surface area contributed by atoms with Crippen molar-refractivity contribution < 1.29 is 40.7 Å². The molecular weight excluding hydrogens is 520 g/mol. The van der Waals surface area contributed by atoms with E-state index in [1.54, 1.807) is 4.90 Å². The third kappa shape index (κ3) is 10.2. The molecule has 9 nitrogen and oxygen atoms in total. The van der Waals surface area contributed by atoms with Crippen LogP contribution >= 0.6 is 0 Å². The van der Waals surface area contributed by atoms with E-state index in [0.29, 0.717) is 50.9 Å². The zero-order chi connectivity index (χ0) is 27.6. The SMILES string of the molecule is CC1CCCCN1CCN(CCS(=O)(=O)N1CCNCC1)C(=O)c1ccc(F)cc1.O=C(O)C(F)(F)F. The van der Waals surface area contributed by atoms with Crippen LogP contribution in [-0.4, -0.2) is 110 Å². The van der Waals surface area contributed by atoms with Crippen LogP contribution in [0.2, 0.25) is 0 Å². The van der Waals surface area contributed by atoms with Crippen LogP contribution in [0.15, 0.2) is 24.3 Å². The first kappa shape index (κ1) is 30.9. The number of piperidine rings is 1. The van der Waals surface area contributed by atoms with Crippen molar-refractivity contribution in [1.82, 2.24) is 19.4 Å². The van der Waals surface area contributed by atoms with Crippen molar-refractivity contribution in [3.05, 3.63) is 35.6 Å². The minimum atomic E-state index is -5.08. The smallest absolute Gasteiger partial charge is 0.475 e. The number of carbonyl (C=O) groups is 2. The molecule has 2 aliphatic rings. The second-order valence-corrected chi connectivity index (χ2v) is 11.0. The molecule has 2 N–H and O–H groups in total. The number of sulfonamides is 1. The molecule has 0 saturated carbocycles. The molecule has 37 heavy (non-hydrogen) atoms. The number of hydrogen-bond donors (Lipinski definition) is 2. The topological polar surface area (TPSA) is 110 Å². The van der Waals surface area contributed by atoms with Gasteiger partial charge in [0.05, 0.1) is 5.75 Å². The fraction of sp³-hybridized carbons (Fsp3) is 0.652. The van der Waals surface area contributed by atoms with Gasteiger partial charge in [0, 0.05) is 57.4 Å². The van der Waals surface area contributed by atoms with E-state index in [4.69, 9.17) is 9.90 Å². The van der Waals surface area contributed by atoms with Crippen molar-refractivity contribution in [2.24, 2.45) is 0 Å². The van der Waals surface area contributed by atoms with Gasteiger partial charge in [0.1, 0.15) is 5.82 Å². The van der Waals surface area contributed by atoms with Crippen molar-refractivity contribution in [3.63, 3.8) is 0 Å². The van der Waals surface area contributed by atoms with E-state index in [1.807, 2.05) is 0 Å². The number of benzene rings is 1. The molecule has 0 aliphatic carbocycles. The molecule has 210 valence electrons. The van der Waals surface area contributed by atoms with Gasteiger partial charge in [-0.3, -0.25) is 9.69 Å². The summed E-state index contributed by atoms with van der Waals surface area (Å²) in [5.41, 5.74) is 0.377. The monoisotopic (exact) mass is 554 g/mol. The zero-order valence-corrected chi connectivity index (χ0v) is 21.5. The minimum Gasteiger partial charge on any atom is -0.475 e. The zero-order valence-electron chi connectivity index (χ0n) is 20.7. The highest BCUT2D eigenvalue weighted by Gasteiger charge is 2.38. The molecule has 1 atom stereocenters. The standard InChI is InChI=1S/C21H33FN4O3S.C2HF3O2/c1-18-4-2-3-11-24(18)14-15-25(21(27)19-5-7-20(22)8-6-19)16-17-30(28,29)26-12-9-23-10-13-26;3-2(4,5)1(6)7/h5-8,18,23H,2-4,9-17H2,1H3;(H,6,7). The van der Waals surface area contributed by atoms with Gasteiger partial charge in [-0.25, -0.2) is 17.6 Å². The lowest BCUT2D eigenvalue weighted by Crippen LogP contribution is -2.49. The number of carbonyl (C=O) groups excluding carboxylic acids is 1. The molecular formula is C23H34F4N4O5S. The lowest BCUT2D eigenvalue weighted by Gasteiger charge is -2.35. The largest absolute Gasteiger partial charge is 0.490 e. The number of aliphatic carboxylic acids is 1. The van der Waals surface area contributed by atoms with Gasteiger partial charge in [0.2, 0.25) is 10.0 Å². The average Bonchev–Trinajstić information content (AvgIpc) is 2.85. The number of hydrogen-bond acceptors (Lipinski definition) is 6. The minimum absolute atomic E-state index is 0.102. The van der Waals surface area contributed by atoms with Crippen molar-refractivity contribution in [1.29, 1.82) is 0 Å². The van der Waals surface area contributed by atoms with Crippen molar-refractivity contribution >= 4 is 21.9 Å². The van der Waals surface area contributed by atoms with Gasteiger partial charge in [-0.1, -0.05) is 6.42 Å². The Morgan fingerprint density at radius 1 is 1.08 bits per heavy atom. The Morgan fingerprint density at radius 2 is 1.68 bits per heavy atom. The summed E-state index contributed by atoms with van der Waals surface area (Å²) in [6.07, 6.45) is -1.57. The number of alkyl halides is 3. The van der Waals surface area contributed by atoms with Crippen LogP contribution in [0.5, 0.6) is 0 Å². The van der Waals surface area contributed by atoms with Crippen LogP contribution in [0, 0.1) is 5.82 Å². The summed E-state index contributed by atoms with van der Waals surface area (Å²) >= 11 is 0. The van der Waals surface area contributed by atoms with Crippen molar-refractivity contribution in [3.8, 4) is 0 Å². The molecule has 1 aromatic rings. The fourth-order valence-corrected chi connectivity index (χ4v) is 5.55. The molecule has 2 fully saturated rings. The molecule has 3 rings (SSSR count). The first-order valence-electron chi connectivity index (χ1n) is 12.1. The second kappa shape index (κ2) is 14.0. The molecule has 1 unspecified atom stereocenters. The average molecular weight is 555 g/mol. The van der Waals surface area contributed by atoms with Crippen LogP contribution in [0.1, 0.15) is 36.5 Å². The van der Waals surface area contributed by atoms with Crippen LogP contribution < -0.4 is 5.32 Å². The van der Waals surface area contributed by atoms with Crippen LogP contribution in [0.3, 0.4) is 0 Å². The quantitative estimate of drug-likeness (QED) is 0.473. The third-order valence-corrected chi connectivity index (χ3v) is 8.16. The lowest BCUT2D eigenvalue weighted by atomic mass is 10.0. The number of rotatable bonds is 8. The van der Waals surface area contributed by atoms with Crippen LogP contribution in [0.4, 0.5) is 17.6 Å². The van der Waals surface area contributed by atoms with Gasteiger partial charge in [0.15, 0.2) is 0 Å². The highest BCUT2D eigenvalue weighted by atomic mass is 32.2. The van der Waals surface area contributed by atoms with E-state index < -0.39 is 28.0 Å². The fourth-order valence-electron chi connectivity index (χ4n) is 4.11. The summed E-state index contributed by atoms with van der Waals surface area (Å²) in [5, 5.41) is 10.3. The molecule has 0 bridgehead atoms. The molecule has 0 aromatic heterocycles. The first-order chi connectivity index (χ1) is 17.3. The number of nitrogens with zero attached hydrogens (tertiary/aromatic N) is 3. The van der Waals surface area contributed by atoms with Crippen molar-refractivity contribution in [2.45, 2.75) is 38.4 Å². The van der Waals surface area contributed by atoms with Gasteiger partial charge in [0.25, 0.3) is 5.91 Å². The third-order valence-electron chi connectivity index (χ3n) is 6.31. The van der Waals surface area contributed by atoms with E-state index >= 15 is 0 Å². The summed E-state index contributed by atoms with van der Waals surface area (Å²) in [4.78, 5) is 25.9. The van der Waals surface area contributed by atoms with Crippen LogP contribution in [-0.2, 0) is 14.8 Å². The predicted molar refractivity (Wildman–Crippen MR) is 129 cm³/mol. The molecule has 2 heterocycles. The molecule has 2 aliphatic heterocycles. The maximum Gasteiger partial charge on any atom is 0.490 e. The van der Waals surface area contributed by atoms with Gasteiger partial charge >= 0.3 is 12.1 Å². The molecule has 0 spiro atoms. The van der Waals surface area contributed by atoms with Crippen LogP contribution in [0.25, 0.3) is 0 Å². The molecule has 0 radical (unpaired) electrons. The molecule has 1 amide bonds. The molecule has 14 heteroatoms.